The van der Waals surface area contributed by atoms with Crippen LogP contribution in [0, 0.1) is 11.2 Å². The number of imide groups is 2. The van der Waals surface area contributed by atoms with Gasteiger partial charge in [-0.15, -0.1) is 0 Å². The Bertz CT molecular complexity index is 1370. The third-order valence-electron chi connectivity index (χ3n) is 7.99. The number of cyclic esters (lactones) is 1. The van der Waals surface area contributed by atoms with E-state index < -0.39 is 59.5 Å². The van der Waals surface area contributed by atoms with Gasteiger partial charge in [0.1, 0.15) is 12.6 Å². The number of ether oxygens (including phenoxy) is 3. The number of morpholine rings is 1. The van der Waals surface area contributed by atoms with E-state index in [2.05, 4.69) is 15.8 Å². The van der Waals surface area contributed by atoms with E-state index in [0.29, 0.717) is 5.56 Å². The number of halogens is 1. The number of carbonyl (C=O) groups excluding carboxylic acids is 4. The molecule has 0 radical (unpaired) electrons. The van der Waals surface area contributed by atoms with Crippen LogP contribution in [0.4, 0.5) is 25.5 Å². The predicted molar refractivity (Wildman–Crippen MR) is 127 cm³/mol. The molecule has 2 aromatic rings. The number of hydrogen-bond acceptors (Lipinski definition) is 10. The number of aromatic nitrogens is 1. The summed E-state index contributed by atoms with van der Waals surface area (Å²) in [6.07, 6.45) is -2.35. The average molecular weight is 531 g/mol. The summed E-state index contributed by atoms with van der Waals surface area (Å²) < 4.78 is 38.3. The van der Waals surface area contributed by atoms with E-state index in [0.717, 1.165) is 0 Å². The Labute approximate surface area is 215 Å². The number of nitrogens with zero attached hydrogens (tertiary/aromatic N) is 3. The molecule has 5 atom stereocenters. The number of urea groups is 1. The predicted octanol–water partition coefficient (Wildman–Crippen LogP) is 1.22. The molecule has 3 saturated heterocycles. The summed E-state index contributed by atoms with van der Waals surface area (Å²) in [6, 6.07) is -0.805. The molecule has 38 heavy (non-hydrogen) atoms. The van der Waals surface area contributed by atoms with Crippen LogP contribution in [-0.2, 0) is 30.2 Å². The van der Waals surface area contributed by atoms with Crippen molar-refractivity contribution in [3.05, 3.63) is 17.4 Å². The van der Waals surface area contributed by atoms with E-state index in [-0.39, 0.29) is 48.2 Å². The van der Waals surface area contributed by atoms with E-state index >= 15 is 4.39 Å². The molecule has 202 valence electrons. The van der Waals surface area contributed by atoms with E-state index in [9.17, 15) is 19.2 Å². The fourth-order valence-corrected chi connectivity index (χ4v) is 6.29. The summed E-state index contributed by atoms with van der Waals surface area (Å²) in [5, 5.41) is 8.58. The summed E-state index contributed by atoms with van der Waals surface area (Å²) in [5.41, 5.74) is -1.49. The maximum Gasteiger partial charge on any atom is 0.416 e. The molecule has 0 bridgehead atoms. The van der Waals surface area contributed by atoms with Gasteiger partial charge in [0.15, 0.2) is 17.1 Å². The van der Waals surface area contributed by atoms with E-state index in [4.69, 9.17) is 18.7 Å². The molecule has 3 fully saturated rings. The summed E-state index contributed by atoms with van der Waals surface area (Å²) in [4.78, 5) is 54.2. The standard InChI is InChI=1S/C24H26FN5O8/c1-9-7-29-16-12(6-24(18(29)11(3)37-9)20(31)26-22(33)27-21(24)32)5-13-17(15(16)25)38-28-19(13)30-14(10(2)35-4)8-36-23(30)34/h5,9-11,14,18H,6-8H2,1-4H3,(H2,26,27,31,32,33)/t9-,10+,11+,14+,18-/m1/s1. The molecule has 1 aromatic carbocycles. The number of fused-ring (bicyclic) bond motifs is 5. The second-order valence-electron chi connectivity index (χ2n) is 10.2. The van der Waals surface area contributed by atoms with Crippen LogP contribution in [0.15, 0.2) is 10.6 Å². The second kappa shape index (κ2) is 8.36. The van der Waals surface area contributed by atoms with Gasteiger partial charge in [0.2, 0.25) is 17.4 Å². The van der Waals surface area contributed by atoms with Crippen molar-refractivity contribution in [3.8, 4) is 0 Å². The van der Waals surface area contributed by atoms with Crippen LogP contribution in [0.1, 0.15) is 26.3 Å². The first kappa shape index (κ1) is 24.6. The van der Waals surface area contributed by atoms with Gasteiger partial charge in [-0.3, -0.25) is 20.2 Å². The van der Waals surface area contributed by atoms with Crippen molar-refractivity contribution in [2.45, 2.75) is 57.6 Å². The Morgan fingerprint density at radius 1 is 1.21 bits per heavy atom. The van der Waals surface area contributed by atoms with Gasteiger partial charge in [0, 0.05) is 20.1 Å². The monoisotopic (exact) mass is 531 g/mol. The number of amides is 5. The quantitative estimate of drug-likeness (QED) is 0.553. The molecule has 4 aliphatic rings. The largest absolute Gasteiger partial charge is 0.447 e. The summed E-state index contributed by atoms with van der Waals surface area (Å²) in [7, 11) is 1.49. The lowest BCUT2D eigenvalue weighted by Gasteiger charge is -2.55. The van der Waals surface area contributed by atoms with Gasteiger partial charge >= 0.3 is 12.1 Å². The number of hydrogen-bond donors (Lipinski definition) is 2. The molecule has 2 N–H and O–H groups in total. The average Bonchev–Trinajstić information content (AvgIpc) is 3.44. The van der Waals surface area contributed by atoms with E-state index in [1.807, 2.05) is 0 Å². The highest BCUT2D eigenvalue weighted by Crippen LogP contribution is 2.50. The van der Waals surface area contributed by atoms with E-state index in [1.165, 1.54) is 12.0 Å². The maximum absolute atomic E-state index is 16.3. The van der Waals surface area contributed by atoms with Gasteiger partial charge in [-0.2, -0.15) is 0 Å². The Hall–Kier alpha value is -3.78. The molecular formula is C24H26FN5O8. The second-order valence-corrected chi connectivity index (χ2v) is 10.2. The molecule has 0 unspecified atom stereocenters. The number of anilines is 2. The van der Waals surface area contributed by atoms with Crippen LogP contribution in [0.3, 0.4) is 0 Å². The molecular weight excluding hydrogens is 505 g/mol. The minimum Gasteiger partial charge on any atom is -0.447 e. The highest BCUT2D eigenvalue weighted by atomic mass is 19.1. The van der Waals surface area contributed by atoms with Crippen molar-refractivity contribution in [2.24, 2.45) is 5.41 Å². The molecule has 0 saturated carbocycles. The summed E-state index contributed by atoms with van der Waals surface area (Å²) in [5.74, 6) is -2.29. The molecule has 1 spiro atoms. The fourth-order valence-electron chi connectivity index (χ4n) is 6.29. The number of rotatable bonds is 3. The topological polar surface area (TPSA) is 153 Å². The Morgan fingerprint density at radius 3 is 2.61 bits per heavy atom. The van der Waals surface area contributed by atoms with E-state index in [1.54, 1.807) is 31.7 Å². The van der Waals surface area contributed by atoms with Crippen LogP contribution in [0.25, 0.3) is 11.0 Å². The number of nitrogens with one attached hydrogen (secondary N) is 2. The van der Waals surface area contributed by atoms with Crippen molar-refractivity contribution >= 4 is 46.4 Å². The first-order valence-electron chi connectivity index (χ1n) is 12.3. The first-order valence-corrected chi connectivity index (χ1v) is 12.3. The molecule has 14 heteroatoms. The Kier molecular flexibility index (Phi) is 5.40. The van der Waals surface area contributed by atoms with Gasteiger partial charge in [0.25, 0.3) is 0 Å². The zero-order chi connectivity index (χ0) is 27.1. The Morgan fingerprint density at radius 2 is 1.92 bits per heavy atom. The number of benzene rings is 1. The fraction of sp³-hybridized carbons (Fsp3) is 0.542. The highest BCUT2D eigenvalue weighted by Gasteiger charge is 2.63. The highest BCUT2D eigenvalue weighted by molar-refractivity contribution is 6.20. The SMILES string of the molecule is CO[C@@H](C)[C@@H]1COC(=O)N1c1noc2c(F)c3c(cc12)CC1(C(=O)NC(=O)NC1=O)[C@H]1[C@H](C)O[C@H](C)CN31. The lowest BCUT2D eigenvalue weighted by Crippen LogP contribution is -2.75. The normalized spacial score (nSPS) is 29.2. The van der Waals surface area contributed by atoms with Crippen LogP contribution < -0.4 is 20.4 Å². The molecule has 5 heterocycles. The van der Waals surface area contributed by atoms with Crippen molar-refractivity contribution < 1.29 is 42.3 Å². The number of barbiturate groups is 1. The zero-order valence-electron chi connectivity index (χ0n) is 21.1. The molecule has 6 rings (SSSR count). The minimum atomic E-state index is -1.78. The molecule has 5 amide bonds. The number of carbonyl (C=O) groups is 4. The van der Waals surface area contributed by atoms with Gasteiger partial charge in [0.05, 0.1) is 35.4 Å². The van der Waals surface area contributed by atoms with Crippen molar-refractivity contribution in [2.75, 3.05) is 30.1 Å². The number of methoxy groups -OCH3 is 1. The van der Waals surface area contributed by atoms with Crippen molar-refractivity contribution in [3.63, 3.8) is 0 Å². The summed E-state index contributed by atoms with van der Waals surface area (Å²) >= 11 is 0. The van der Waals surface area contributed by atoms with Crippen LogP contribution in [0.5, 0.6) is 0 Å². The molecule has 4 aliphatic heterocycles. The lowest BCUT2D eigenvalue weighted by molar-refractivity contribution is -0.153. The first-order chi connectivity index (χ1) is 18.1. The minimum absolute atomic E-state index is 0.0331. The van der Waals surface area contributed by atoms with Crippen LogP contribution >= 0.6 is 0 Å². The third-order valence-corrected chi connectivity index (χ3v) is 7.99. The summed E-state index contributed by atoms with van der Waals surface area (Å²) in [6.45, 7) is 5.48. The Balaban J connectivity index is 1.55. The smallest absolute Gasteiger partial charge is 0.416 e. The van der Waals surface area contributed by atoms with Crippen molar-refractivity contribution in [1.29, 1.82) is 0 Å². The van der Waals surface area contributed by atoms with Crippen LogP contribution in [0.2, 0.25) is 0 Å². The van der Waals surface area contributed by atoms with Gasteiger partial charge in [-0.1, -0.05) is 5.16 Å². The molecule has 0 aliphatic carbocycles. The van der Waals surface area contributed by atoms with Gasteiger partial charge in [-0.25, -0.2) is 18.9 Å². The zero-order valence-corrected chi connectivity index (χ0v) is 21.1. The van der Waals surface area contributed by atoms with Crippen molar-refractivity contribution in [1.82, 2.24) is 15.8 Å². The molecule has 1 aromatic heterocycles. The lowest BCUT2D eigenvalue weighted by atomic mass is 9.66. The maximum atomic E-state index is 16.3. The third kappa shape index (κ3) is 3.19. The van der Waals surface area contributed by atoms with Crippen LogP contribution in [-0.4, -0.2) is 79.8 Å². The van der Waals surface area contributed by atoms with Gasteiger partial charge < -0.3 is 23.6 Å². The molecule has 13 nitrogen and oxygen atoms in total. The van der Waals surface area contributed by atoms with Gasteiger partial charge in [-0.05, 0) is 32.4 Å².